The van der Waals surface area contributed by atoms with Crippen molar-refractivity contribution in [3.63, 3.8) is 0 Å². The summed E-state index contributed by atoms with van der Waals surface area (Å²) in [5.74, 6) is -1.76. The third kappa shape index (κ3) is 3.43. The lowest BCUT2D eigenvalue weighted by molar-refractivity contribution is -0.141. The van der Waals surface area contributed by atoms with Crippen LogP contribution in [-0.2, 0) is 9.53 Å². The summed E-state index contributed by atoms with van der Waals surface area (Å²) in [6, 6.07) is 2.72. The van der Waals surface area contributed by atoms with Crippen LogP contribution in [0.15, 0.2) is 12.1 Å². The average Bonchev–Trinajstić information content (AvgIpc) is 2.38. The quantitative estimate of drug-likeness (QED) is 0.661. The highest BCUT2D eigenvalue weighted by molar-refractivity contribution is 5.97. The zero-order valence-electron chi connectivity index (χ0n) is 11.2. The third-order valence-electron chi connectivity index (χ3n) is 2.72. The Bertz CT molecular complexity index is 503. The van der Waals surface area contributed by atoms with E-state index in [1.165, 1.54) is 31.1 Å². The Morgan fingerprint density at radius 3 is 2.58 bits per heavy atom. The molecule has 0 aliphatic carbocycles. The minimum atomic E-state index is -0.623. The van der Waals surface area contributed by atoms with E-state index in [0.29, 0.717) is 5.69 Å². The van der Waals surface area contributed by atoms with E-state index in [0.717, 1.165) is 0 Å². The number of hydrogen-bond acceptors (Lipinski definition) is 4. The van der Waals surface area contributed by atoms with Gasteiger partial charge in [0.1, 0.15) is 12.4 Å². The van der Waals surface area contributed by atoms with Crippen LogP contribution in [0.3, 0.4) is 0 Å². The topological polar surface area (TPSA) is 72.6 Å². The Morgan fingerprint density at radius 1 is 1.42 bits per heavy atom. The lowest BCUT2D eigenvalue weighted by Gasteiger charge is -2.20. The van der Waals surface area contributed by atoms with Crippen molar-refractivity contribution in [2.24, 2.45) is 0 Å². The molecule has 6 heteroatoms. The lowest BCUT2D eigenvalue weighted by atomic mass is 10.1. The van der Waals surface area contributed by atoms with E-state index in [4.69, 9.17) is 5.73 Å². The normalized spacial score (nSPS) is 10.1. The van der Waals surface area contributed by atoms with Crippen LogP contribution in [0.25, 0.3) is 0 Å². The third-order valence-corrected chi connectivity index (χ3v) is 2.72. The Hall–Kier alpha value is -2.11. The van der Waals surface area contributed by atoms with Crippen molar-refractivity contribution >= 4 is 17.6 Å². The van der Waals surface area contributed by atoms with Crippen LogP contribution in [0.1, 0.15) is 22.8 Å². The summed E-state index contributed by atoms with van der Waals surface area (Å²) in [4.78, 5) is 24.6. The molecule has 0 saturated carbocycles. The Labute approximate surface area is 111 Å². The molecular formula is C13H17FN2O3. The number of aryl methyl sites for hydroxylation is 1. The molecule has 1 rings (SSSR count). The molecule has 0 aliphatic heterocycles. The maximum atomic E-state index is 13.9. The summed E-state index contributed by atoms with van der Waals surface area (Å²) in [5, 5.41) is 0. The van der Waals surface area contributed by atoms with Crippen molar-refractivity contribution < 1.29 is 18.7 Å². The Kier molecular flexibility index (Phi) is 4.86. The molecule has 2 N–H and O–H groups in total. The molecule has 0 aromatic heterocycles. The highest BCUT2D eigenvalue weighted by Gasteiger charge is 2.22. The number of halogens is 1. The molecule has 5 nitrogen and oxygen atoms in total. The van der Waals surface area contributed by atoms with Gasteiger partial charge in [0, 0.05) is 12.2 Å². The second kappa shape index (κ2) is 6.17. The molecule has 1 aromatic carbocycles. The van der Waals surface area contributed by atoms with Gasteiger partial charge in [0.2, 0.25) is 0 Å². The molecule has 0 saturated heterocycles. The van der Waals surface area contributed by atoms with E-state index in [1.807, 2.05) is 0 Å². The second-order valence-electron chi connectivity index (χ2n) is 4.09. The largest absolute Gasteiger partial charge is 0.468 e. The van der Waals surface area contributed by atoms with Gasteiger partial charge in [-0.1, -0.05) is 0 Å². The predicted octanol–water partition coefficient (Wildman–Crippen LogP) is 1.35. The summed E-state index contributed by atoms with van der Waals surface area (Å²) in [5.41, 5.74) is 6.06. The first-order valence-corrected chi connectivity index (χ1v) is 5.82. The van der Waals surface area contributed by atoms with E-state index < -0.39 is 17.7 Å². The lowest BCUT2D eigenvalue weighted by Crippen LogP contribution is -2.36. The number of anilines is 1. The number of esters is 1. The van der Waals surface area contributed by atoms with Crippen LogP contribution in [0.2, 0.25) is 0 Å². The molecule has 19 heavy (non-hydrogen) atoms. The zero-order chi connectivity index (χ0) is 14.6. The fourth-order valence-corrected chi connectivity index (χ4v) is 1.67. The molecule has 1 amide bonds. The number of nitrogens with two attached hydrogens (primary N) is 1. The number of nitrogen functional groups attached to an aromatic ring is 1. The fourth-order valence-electron chi connectivity index (χ4n) is 1.67. The zero-order valence-corrected chi connectivity index (χ0v) is 11.2. The van der Waals surface area contributed by atoms with Gasteiger partial charge in [0.25, 0.3) is 5.91 Å². The van der Waals surface area contributed by atoms with Gasteiger partial charge in [-0.2, -0.15) is 0 Å². The summed E-state index contributed by atoms with van der Waals surface area (Å²) >= 11 is 0. The first kappa shape index (κ1) is 14.9. The van der Waals surface area contributed by atoms with Crippen LogP contribution in [-0.4, -0.2) is 37.0 Å². The molecule has 0 aliphatic rings. The van der Waals surface area contributed by atoms with Gasteiger partial charge in [-0.15, -0.1) is 0 Å². The maximum absolute atomic E-state index is 13.9. The van der Waals surface area contributed by atoms with Crippen LogP contribution < -0.4 is 5.73 Å². The predicted molar refractivity (Wildman–Crippen MR) is 69.1 cm³/mol. The van der Waals surface area contributed by atoms with E-state index in [9.17, 15) is 14.0 Å². The Balaban J connectivity index is 3.07. The number of hydrogen-bond donors (Lipinski definition) is 1. The number of benzene rings is 1. The van der Waals surface area contributed by atoms with Crippen LogP contribution >= 0.6 is 0 Å². The van der Waals surface area contributed by atoms with Crippen molar-refractivity contribution in [1.29, 1.82) is 0 Å². The van der Waals surface area contributed by atoms with E-state index >= 15 is 0 Å². The number of amides is 1. The fraction of sp³-hybridized carbons (Fsp3) is 0.385. The van der Waals surface area contributed by atoms with E-state index in [-0.39, 0.29) is 24.2 Å². The summed E-state index contributed by atoms with van der Waals surface area (Å²) in [6.07, 6.45) is 0. The highest BCUT2D eigenvalue weighted by atomic mass is 19.1. The van der Waals surface area contributed by atoms with Crippen LogP contribution in [0, 0.1) is 12.7 Å². The second-order valence-corrected chi connectivity index (χ2v) is 4.09. The molecule has 0 unspecified atom stereocenters. The van der Waals surface area contributed by atoms with E-state index in [1.54, 1.807) is 6.92 Å². The monoisotopic (exact) mass is 268 g/mol. The maximum Gasteiger partial charge on any atom is 0.325 e. The van der Waals surface area contributed by atoms with Gasteiger partial charge in [-0.25, -0.2) is 4.39 Å². The highest BCUT2D eigenvalue weighted by Crippen LogP contribution is 2.18. The van der Waals surface area contributed by atoms with Crippen molar-refractivity contribution in [2.75, 3.05) is 25.9 Å². The van der Waals surface area contributed by atoms with Gasteiger partial charge < -0.3 is 15.4 Å². The number of carbonyl (C=O) groups excluding carboxylic acids is 2. The standard InChI is InChI=1S/C13H17FN2O3/c1-4-16(7-11(17)19-3)13(18)10-6-9(15)5-8(2)12(10)14/h5-6H,4,7,15H2,1-3H3. The molecule has 0 spiro atoms. The van der Waals surface area contributed by atoms with Gasteiger partial charge >= 0.3 is 5.97 Å². The summed E-state index contributed by atoms with van der Waals surface area (Å²) in [7, 11) is 1.23. The Morgan fingerprint density at radius 2 is 2.05 bits per heavy atom. The summed E-state index contributed by atoms with van der Waals surface area (Å²) < 4.78 is 18.4. The number of likely N-dealkylation sites (N-methyl/N-ethyl adjacent to an activating group) is 1. The number of nitrogens with zero attached hydrogens (tertiary/aromatic N) is 1. The first-order valence-electron chi connectivity index (χ1n) is 5.82. The molecule has 0 bridgehead atoms. The number of ether oxygens (including phenoxy) is 1. The number of methoxy groups -OCH3 is 1. The van der Waals surface area contributed by atoms with Crippen LogP contribution in [0.5, 0.6) is 0 Å². The minimum absolute atomic E-state index is 0.136. The minimum Gasteiger partial charge on any atom is -0.468 e. The molecule has 0 radical (unpaired) electrons. The van der Waals surface area contributed by atoms with Gasteiger partial charge in [0.15, 0.2) is 0 Å². The van der Waals surface area contributed by atoms with Crippen LogP contribution in [0.4, 0.5) is 10.1 Å². The molecular weight excluding hydrogens is 251 g/mol. The van der Waals surface area contributed by atoms with Crippen molar-refractivity contribution in [3.8, 4) is 0 Å². The van der Waals surface area contributed by atoms with Crippen molar-refractivity contribution in [2.45, 2.75) is 13.8 Å². The molecule has 0 heterocycles. The number of rotatable bonds is 4. The number of carbonyl (C=O) groups is 2. The van der Waals surface area contributed by atoms with Gasteiger partial charge in [-0.3, -0.25) is 9.59 Å². The van der Waals surface area contributed by atoms with Crippen molar-refractivity contribution in [3.05, 3.63) is 29.1 Å². The average molecular weight is 268 g/mol. The van der Waals surface area contributed by atoms with E-state index in [2.05, 4.69) is 4.74 Å². The van der Waals surface area contributed by atoms with Gasteiger partial charge in [0.05, 0.1) is 12.7 Å². The SMILES string of the molecule is CCN(CC(=O)OC)C(=O)c1cc(N)cc(C)c1F. The molecule has 1 aromatic rings. The first-order chi connectivity index (χ1) is 8.90. The van der Waals surface area contributed by atoms with Crippen molar-refractivity contribution in [1.82, 2.24) is 4.90 Å². The summed E-state index contributed by atoms with van der Waals surface area (Å²) in [6.45, 7) is 3.26. The molecule has 0 atom stereocenters. The van der Waals surface area contributed by atoms with Gasteiger partial charge in [-0.05, 0) is 31.5 Å². The molecule has 104 valence electrons. The molecule has 0 fully saturated rings. The smallest absolute Gasteiger partial charge is 0.325 e.